The van der Waals surface area contributed by atoms with Crippen molar-refractivity contribution in [3.63, 3.8) is 0 Å². The highest BCUT2D eigenvalue weighted by Crippen LogP contribution is 2.43. The molecule has 3 aliphatic rings. The van der Waals surface area contributed by atoms with Gasteiger partial charge in [0, 0.05) is 0 Å². The second-order valence-corrected chi connectivity index (χ2v) is 5.89. The van der Waals surface area contributed by atoms with Crippen molar-refractivity contribution in [2.24, 2.45) is 0 Å². The lowest BCUT2D eigenvalue weighted by molar-refractivity contribution is -0.240. The van der Waals surface area contributed by atoms with Crippen LogP contribution in [0.15, 0.2) is 0 Å². The summed E-state index contributed by atoms with van der Waals surface area (Å²) >= 11 is 0. The first-order valence-corrected chi connectivity index (χ1v) is 6.29. The molecule has 0 aromatic carbocycles. The quantitative estimate of drug-likeness (QED) is 0.735. The molecule has 0 aromatic heterocycles. The molecule has 3 aliphatic heterocycles. The number of hydrogen-bond donors (Lipinski definition) is 1. The van der Waals surface area contributed by atoms with E-state index < -0.39 is 24.0 Å². The van der Waals surface area contributed by atoms with Gasteiger partial charge in [0.2, 0.25) is 0 Å². The van der Waals surface area contributed by atoms with Crippen LogP contribution in [-0.2, 0) is 23.7 Å². The molecule has 18 heavy (non-hydrogen) atoms. The van der Waals surface area contributed by atoms with Crippen LogP contribution in [0.2, 0.25) is 0 Å². The highest BCUT2D eigenvalue weighted by Gasteiger charge is 2.60. The van der Waals surface area contributed by atoms with E-state index in [9.17, 15) is 5.11 Å². The predicted octanol–water partition coefficient (Wildman–Crippen LogP) is 0.375. The molecule has 5 atom stereocenters. The van der Waals surface area contributed by atoms with Gasteiger partial charge in [-0.15, -0.1) is 0 Å². The first-order chi connectivity index (χ1) is 8.31. The Morgan fingerprint density at radius 1 is 0.833 bits per heavy atom. The molecule has 0 radical (unpaired) electrons. The van der Waals surface area contributed by atoms with Crippen molar-refractivity contribution in [2.45, 2.75) is 70.0 Å². The van der Waals surface area contributed by atoms with Gasteiger partial charge >= 0.3 is 0 Å². The lowest BCUT2D eigenvalue weighted by Gasteiger charge is -2.36. The summed E-state index contributed by atoms with van der Waals surface area (Å²) in [6.07, 6.45) is -1.90. The molecule has 3 rings (SSSR count). The van der Waals surface area contributed by atoms with Crippen molar-refractivity contribution in [2.75, 3.05) is 6.61 Å². The van der Waals surface area contributed by atoms with Gasteiger partial charge in [-0.1, -0.05) is 0 Å². The zero-order valence-corrected chi connectivity index (χ0v) is 11.1. The Bertz CT molecular complexity index is 341. The van der Waals surface area contributed by atoms with Gasteiger partial charge in [-0.3, -0.25) is 0 Å². The van der Waals surface area contributed by atoms with Crippen LogP contribution in [0.25, 0.3) is 0 Å². The van der Waals surface area contributed by atoms with E-state index in [-0.39, 0.29) is 24.9 Å². The molecule has 0 spiro atoms. The summed E-state index contributed by atoms with van der Waals surface area (Å²) < 4.78 is 28.9. The Morgan fingerprint density at radius 3 is 2.06 bits per heavy atom. The van der Waals surface area contributed by atoms with Crippen molar-refractivity contribution >= 4 is 0 Å². The fourth-order valence-electron chi connectivity index (χ4n) is 2.84. The zero-order valence-electron chi connectivity index (χ0n) is 11.1. The predicted molar refractivity (Wildman–Crippen MR) is 59.6 cm³/mol. The minimum atomic E-state index is -0.708. The van der Waals surface area contributed by atoms with Crippen molar-refractivity contribution in [3.8, 4) is 0 Å². The van der Waals surface area contributed by atoms with Crippen LogP contribution in [0, 0.1) is 0 Å². The van der Waals surface area contributed by atoms with Crippen molar-refractivity contribution in [1.29, 1.82) is 0 Å². The lowest BCUT2D eigenvalue weighted by atomic mass is 9.99. The van der Waals surface area contributed by atoms with E-state index in [0.717, 1.165) is 0 Å². The molecular formula is C12H20O6. The fourth-order valence-corrected chi connectivity index (χ4v) is 2.84. The van der Waals surface area contributed by atoms with Crippen LogP contribution in [0.5, 0.6) is 0 Å². The zero-order chi connectivity index (χ0) is 13.1. The van der Waals surface area contributed by atoms with Gasteiger partial charge in [0.1, 0.15) is 24.4 Å². The maximum absolute atomic E-state index is 9.40. The number of ether oxygens (including phenoxy) is 5. The van der Waals surface area contributed by atoms with Crippen LogP contribution in [0.1, 0.15) is 27.7 Å². The molecule has 0 aromatic rings. The third-order valence-corrected chi connectivity index (χ3v) is 3.43. The molecule has 6 nitrogen and oxygen atoms in total. The van der Waals surface area contributed by atoms with Gasteiger partial charge < -0.3 is 28.8 Å². The van der Waals surface area contributed by atoms with E-state index in [1.807, 2.05) is 27.7 Å². The Morgan fingerprint density at radius 2 is 1.39 bits per heavy atom. The summed E-state index contributed by atoms with van der Waals surface area (Å²) in [4.78, 5) is 0. The summed E-state index contributed by atoms with van der Waals surface area (Å²) in [5.41, 5.74) is 0. The maximum Gasteiger partial charge on any atom is 0.190 e. The normalized spacial score (nSPS) is 48.8. The van der Waals surface area contributed by atoms with E-state index in [1.54, 1.807) is 0 Å². The molecule has 0 amide bonds. The third-order valence-electron chi connectivity index (χ3n) is 3.43. The van der Waals surface area contributed by atoms with Crippen molar-refractivity contribution in [3.05, 3.63) is 0 Å². The maximum atomic E-state index is 9.40. The van der Waals surface area contributed by atoms with Crippen LogP contribution in [-0.4, -0.2) is 54.0 Å². The van der Waals surface area contributed by atoms with Gasteiger partial charge in [0.25, 0.3) is 0 Å². The standard InChI is InChI=1S/C12H20O6/c1-11(2)15-7-6(5-13)14-10-9(8(7)16-11)17-12(3,4)18-10/h6-10,13H,5H2,1-4H3/t6?,7-,8-,9?,10+/m0/s1. The van der Waals surface area contributed by atoms with E-state index in [1.165, 1.54) is 0 Å². The summed E-state index contributed by atoms with van der Waals surface area (Å²) in [5, 5.41) is 9.40. The van der Waals surface area contributed by atoms with Gasteiger partial charge in [0.05, 0.1) is 6.61 Å². The topological polar surface area (TPSA) is 66.4 Å². The molecule has 104 valence electrons. The summed E-state index contributed by atoms with van der Waals surface area (Å²) in [7, 11) is 0. The molecule has 3 saturated heterocycles. The Labute approximate surface area is 106 Å². The average molecular weight is 260 g/mol. The molecule has 0 bridgehead atoms. The summed E-state index contributed by atoms with van der Waals surface area (Å²) in [6.45, 7) is 7.22. The van der Waals surface area contributed by atoms with Crippen molar-refractivity contribution in [1.82, 2.24) is 0 Å². The molecule has 2 unspecified atom stereocenters. The number of aliphatic hydroxyl groups is 1. The van der Waals surface area contributed by atoms with Crippen LogP contribution < -0.4 is 0 Å². The van der Waals surface area contributed by atoms with E-state index in [2.05, 4.69) is 0 Å². The smallest absolute Gasteiger partial charge is 0.190 e. The van der Waals surface area contributed by atoms with Crippen LogP contribution in [0.4, 0.5) is 0 Å². The van der Waals surface area contributed by atoms with Crippen molar-refractivity contribution < 1.29 is 28.8 Å². The molecule has 0 saturated carbocycles. The molecule has 3 fully saturated rings. The summed E-state index contributed by atoms with van der Waals surface area (Å²) in [5.74, 6) is -1.41. The second kappa shape index (κ2) is 3.88. The van der Waals surface area contributed by atoms with Crippen LogP contribution >= 0.6 is 0 Å². The first-order valence-electron chi connectivity index (χ1n) is 6.29. The molecule has 0 aliphatic carbocycles. The second-order valence-electron chi connectivity index (χ2n) is 5.89. The highest BCUT2D eigenvalue weighted by atomic mass is 16.9. The fraction of sp³-hybridized carbons (Fsp3) is 1.00. The van der Waals surface area contributed by atoms with E-state index >= 15 is 0 Å². The number of fused-ring (bicyclic) bond motifs is 3. The van der Waals surface area contributed by atoms with E-state index in [4.69, 9.17) is 23.7 Å². The SMILES string of the molecule is CC1(C)OC2[C@H](OC(CO)[C@@H]3OC(C)(C)O[C@H]23)O1. The van der Waals surface area contributed by atoms with E-state index in [0.29, 0.717) is 0 Å². The molecule has 1 N–H and O–H groups in total. The number of rotatable bonds is 1. The van der Waals surface area contributed by atoms with Gasteiger partial charge in [-0.2, -0.15) is 0 Å². The Kier molecular flexibility index (Phi) is 2.75. The molecule has 6 heteroatoms. The largest absolute Gasteiger partial charge is 0.394 e. The average Bonchev–Trinajstić information content (AvgIpc) is 2.71. The minimum Gasteiger partial charge on any atom is -0.394 e. The molecule has 3 heterocycles. The highest BCUT2D eigenvalue weighted by molar-refractivity contribution is 4.99. The minimum absolute atomic E-state index is 0.131. The number of hydrogen-bond acceptors (Lipinski definition) is 6. The number of aliphatic hydroxyl groups excluding tert-OH is 1. The summed E-state index contributed by atoms with van der Waals surface area (Å²) in [6, 6.07) is 0. The molecular weight excluding hydrogens is 240 g/mol. The van der Waals surface area contributed by atoms with Crippen LogP contribution in [0.3, 0.4) is 0 Å². The lowest BCUT2D eigenvalue weighted by Crippen LogP contribution is -2.56. The first kappa shape index (κ1) is 12.8. The monoisotopic (exact) mass is 260 g/mol. The third kappa shape index (κ3) is 1.97. The van der Waals surface area contributed by atoms with Gasteiger partial charge in [-0.05, 0) is 27.7 Å². The Hall–Kier alpha value is -0.240. The van der Waals surface area contributed by atoms with Gasteiger partial charge in [-0.25, -0.2) is 0 Å². The van der Waals surface area contributed by atoms with Gasteiger partial charge in [0.15, 0.2) is 17.9 Å². The Balaban J connectivity index is 1.86.